The maximum atomic E-state index is 11.6. The minimum atomic E-state index is -0.417. The molecule has 0 amide bonds. The van der Waals surface area contributed by atoms with Crippen molar-refractivity contribution in [2.24, 2.45) is 0 Å². The molecule has 3 heteroatoms. The van der Waals surface area contributed by atoms with Crippen LogP contribution in [0, 0.1) is 0 Å². The van der Waals surface area contributed by atoms with E-state index < -0.39 is 6.10 Å². The third-order valence-electron chi connectivity index (χ3n) is 4.64. The van der Waals surface area contributed by atoms with E-state index in [4.69, 9.17) is 9.47 Å². The third kappa shape index (κ3) is 2.72. The third-order valence-corrected chi connectivity index (χ3v) is 4.64. The van der Waals surface area contributed by atoms with Crippen molar-refractivity contribution in [1.29, 1.82) is 0 Å². The normalized spacial score (nSPS) is 16.1. The molecule has 1 aliphatic rings. The molecule has 0 saturated heterocycles. The molecule has 0 radical (unpaired) electrons. The van der Waals surface area contributed by atoms with Crippen LogP contribution in [0.4, 0.5) is 0 Å². The molecule has 1 atom stereocenters. The Morgan fingerprint density at radius 3 is 2.52 bits per heavy atom. The highest BCUT2D eigenvalue weighted by Crippen LogP contribution is 2.49. The van der Waals surface area contributed by atoms with E-state index in [1.807, 2.05) is 36.4 Å². The summed E-state index contributed by atoms with van der Waals surface area (Å²) in [6.07, 6.45) is 0.576. The first-order valence-electron chi connectivity index (χ1n) is 8.01. The van der Waals surface area contributed by atoms with E-state index >= 15 is 0 Å². The van der Waals surface area contributed by atoms with Gasteiger partial charge in [-0.1, -0.05) is 57.2 Å². The van der Waals surface area contributed by atoms with Gasteiger partial charge in [0.2, 0.25) is 0 Å². The standard InChI is InChI=1S/C20H22O3/c1-5-20(3,4)16-11-8-10-15-18(22-13(2)21)14-9-6-7-12-17(14)23-19(15)16/h6-12,18H,5H2,1-4H3. The van der Waals surface area contributed by atoms with Crippen molar-refractivity contribution in [3.63, 3.8) is 0 Å². The average molecular weight is 310 g/mol. The zero-order valence-electron chi connectivity index (χ0n) is 14.1. The Labute approximate surface area is 137 Å². The van der Waals surface area contributed by atoms with Crippen LogP contribution < -0.4 is 4.74 Å². The Morgan fingerprint density at radius 2 is 1.83 bits per heavy atom. The topological polar surface area (TPSA) is 35.5 Å². The largest absolute Gasteiger partial charge is 0.456 e. The number of hydrogen-bond acceptors (Lipinski definition) is 3. The molecule has 3 nitrogen and oxygen atoms in total. The van der Waals surface area contributed by atoms with Crippen LogP contribution in [0.5, 0.6) is 11.5 Å². The summed E-state index contributed by atoms with van der Waals surface area (Å²) < 4.78 is 11.8. The van der Waals surface area contributed by atoms with E-state index in [1.54, 1.807) is 0 Å². The number of carbonyl (C=O) groups is 1. The summed E-state index contributed by atoms with van der Waals surface area (Å²) in [6, 6.07) is 13.8. The lowest BCUT2D eigenvalue weighted by atomic mass is 9.79. The SMILES string of the molecule is CCC(C)(C)c1cccc2c1Oc1ccccc1C2OC(C)=O. The highest BCUT2D eigenvalue weighted by Gasteiger charge is 2.34. The van der Waals surface area contributed by atoms with Crippen LogP contribution in [0.2, 0.25) is 0 Å². The zero-order chi connectivity index (χ0) is 16.6. The number of para-hydroxylation sites is 2. The molecule has 0 N–H and O–H groups in total. The highest BCUT2D eigenvalue weighted by molar-refractivity contribution is 5.68. The quantitative estimate of drug-likeness (QED) is 0.737. The Bertz CT molecular complexity index is 746. The van der Waals surface area contributed by atoms with Crippen LogP contribution in [0.1, 0.15) is 56.9 Å². The van der Waals surface area contributed by atoms with Crippen molar-refractivity contribution in [3.8, 4) is 11.5 Å². The summed E-state index contributed by atoms with van der Waals surface area (Å²) >= 11 is 0. The number of hydrogen-bond donors (Lipinski definition) is 0. The molecule has 2 aromatic carbocycles. The average Bonchev–Trinajstić information content (AvgIpc) is 2.53. The molecule has 0 spiro atoms. The molecule has 2 aromatic rings. The van der Waals surface area contributed by atoms with Crippen LogP contribution in [0.15, 0.2) is 42.5 Å². The van der Waals surface area contributed by atoms with Crippen molar-refractivity contribution in [2.75, 3.05) is 0 Å². The lowest BCUT2D eigenvalue weighted by Gasteiger charge is -2.33. The van der Waals surface area contributed by atoms with Gasteiger partial charge in [0.15, 0.2) is 6.10 Å². The Kier molecular flexibility index (Phi) is 3.88. The van der Waals surface area contributed by atoms with Gasteiger partial charge in [0.05, 0.1) is 0 Å². The summed E-state index contributed by atoms with van der Waals surface area (Å²) in [4.78, 5) is 11.6. The van der Waals surface area contributed by atoms with Gasteiger partial charge < -0.3 is 9.47 Å². The maximum Gasteiger partial charge on any atom is 0.303 e. The number of ether oxygens (including phenoxy) is 2. The molecule has 3 rings (SSSR count). The Morgan fingerprint density at radius 1 is 1.13 bits per heavy atom. The second-order valence-corrected chi connectivity index (χ2v) is 6.59. The van der Waals surface area contributed by atoms with Gasteiger partial charge in [0.1, 0.15) is 11.5 Å². The predicted octanol–water partition coefficient (Wildman–Crippen LogP) is 5.13. The fourth-order valence-corrected chi connectivity index (χ4v) is 2.96. The van der Waals surface area contributed by atoms with Gasteiger partial charge in [0, 0.05) is 23.6 Å². The minimum Gasteiger partial charge on any atom is -0.456 e. The minimum absolute atomic E-state index is 0.0155. The summed E-state index contributed by atoms with van der Waals surface area (Å²) in [7, 11) is 0. The van der Waals surface area contributed by atoms with Gasteiger partial charge in [-0.2, -0.15) is 0 Å². The smallest absolute Gasteiger partial charge is 0.303 e. The summed E-state index contributed by atoms with van der Waals surface area (Å²) in [5, 5.41) is 0. The predicted molar refractivity (Wildman–Crippen MR) is 89.9 cm³/mol. The second kappa shape index (κ2) is 5.73. The van der Waals surface area contributed by atoms with Crippen molar-refractivity contribution >= 4 is 5.97 Å². The monoisotopic (exact) mass is 310 g/mol. The molecule has 0 aliphatic carbocycles. The molecule has 23 heavy (non-hydrogen) atoms. The number of rotatable bonds is 3. The van der Waals surface area contributed by atoms with E-state index in [-0.39, 0.29) is 11.4 Å². The molecule has 120 valence electrons. The van der Waals surface area contributed by atoms with Gasteiger partial charge in [-0.15, -0.1) is 0 Å². The highest BCUT2D eigenvalue weighted by atomic mass is 16.5. The summed E-state index contributed by atoms with van der Waals surface area (Å²) in [5.74, 6) is 1.28. The van der Waals surface area contributed by atoms with Crippen molar-refractivity contribution in [2.45, 2.75) is 45.6 Å². The van der Waals surface area contributed by atoms with Gasteiger partial charge in [-0.3, -0.25) is 4.79 Å². The molecule has 1 heterocycles. The number of fused-ring (bicyclic) bond motifs is 2. The second-order valence-electron chi connectivity index (χ2n) is 6.59. The fraction of sp³-hybridized carbons (Fsp3) is 0.350. The van der Waals surface area contributed by atoms with Crippen LogP contribution in [-0.4, -0.2) is 5.97 Å². The van der Waals surface area contributed by atoms with Crippen LogP contribution in [-0.2, 0) is 14.9 Å². The van der Waals surface area contributed by atoms with Gasteiger partial charge in [0.25, 0.3) is 0 Å². The van der Waals surface area contributed by atoms with E-state index in [2.05, 4.69) is 26.8 Å². The van der Waals surface area contributed by atoms with Crippen molar-refractivity contribution in [3.05, 3.63) is 59.2 Å². The number of esters is 1. The summed E-state index contributed by atoms with van der Waals surface area (Å²) in [5.41, 5.74) is 2.93. The first kappa shape index (κ1) is 15.6. The first-order valence-corrected chi connectivity index (χ1v) is 8.01. The molecular weight excluding hydrogens is 288 g/mol. The lowest BCUT2D eigenvalue weighted by Crippen LogP contribution is -2.21. The molecule has 1 unspecified atom stereocenters. The zero-order valence-corrected chi connectivity index (χ0v) is 14.1. The molecule has 1 aliphatic heterocycles. The summed E-state index contributed by atoms with van der Waals surface area (Å²) in [6.45, 7) is 8.01. The van der Waals surface area contributed by atoms with Gasteiger partial charge in [-0.25, -0.2) is 0 Å². The van der Waals surface area contributed by atoms with Crippen LogP contribution in [0.25, 0.3) is 0 Å². The number of carbonyl (C=O) groups excluding carboxylic acids is 1. The molecule has 0 fully saturated rings. The Balaban J connectivity index is 2.20. The molecular formula is C20H22O3. The fourth-order valence-electron chi connectivity index (χ4n) is 2.96. The van der Waals surface area contributed by atoms with Crippen molar-refractivity contribution in [1.82, 2.24) is 0 Å². The number of benzene rings is 2. The van der Waals surface area contributed by atoms with E-state index in [1.165, 1.54) is 6.92 Å². The van der Waals surface area contributed by atoms with Crippen LogP contribution >= 0.6 is 0 Å². The Hall–Kier alpha value is -2.29. The maximum absolute atomic E-state index is 11.6. The molecule has 0 saturated carbocycles. The van der Waals surface area contributed by atoms with E-state index in [9.17, 15) is 4.79 Å². The van der Waals surface area contributed by atoms with E-state index in [0.29, 0.717) is 0 Å². The van der Waals surface area contributed by atoms with Gasteiger partial charge >= 0.3 is 5.97 Å². The lowest BCUT2D eigenvalue weighted by molar-refractivity contribution is -0.145. The molecule has 0 aromatic heterocycles. The van der Waals surface area contributed by atoms with Crippen molar-refractivity contribution < 1.29 is 14.3 Å². The van der Waals surface area contributed by atoms with Gasteiger partial charge in [-0.05, 0) is 17.9 Å². The first-order chi connectivity index (χ1) is 10.9. The van der Waals surface area contributed by atoms with Crippen LogP contribution in [0.3, 0.4) is 0 Å². The molecule has 0 bridgehead atoms. The van der Waals surface area contributed by atoms with E-state index in [0.717, 1.165) is 34.6 Å².